The molecule has 0 radical (unpaired) electrons. The topological polar surface area (TPSA) is 108 Å². The molecule has 22 heavy (non-hydrogen) atoms. The van der Waals surface area contributed by atoms with Gasteiger partial charge in [0.1, 0.15) is 11.3 Å². The molecule has 0 bridgehead atoms. The number of fused-ring (bicyclic) bond motifs is 1. The van der Waals surface area contributed by atoms with Gasteiger partial charge in [-0.2, -0.15) is 0 Å². The van der Waals surface area contributed by atoms with Crippen LogP contribution in [0.15, 0.2) is 57.7 Å². The van der Waals surface area contributed by atoms with Crippen LogP contribution in [0.3, 0.4) is 0 Å². The zero-order valence-electron chi connectivity index (χ0n) is 11.3. The van der Waals surface area contributed by atoms with Crippen LogP contribution in [0.2, 0.25) is 0 Å². The highest BCUT2D eigenvalue weighted by Crippen LogP contribution is 2.29. The Morgan fingerprint density at radius 2 is 1.91 bits per heavy atom. The average Bonchev–Trinajstić information content (AvgIpc) is 2.52. The van der Waals surface area contributed by atoms with E-state index >= 15 is 0 Å². The summed E-state index contributed by atoms with van der Waals surface area (Å²) in [5.41, 5.74) is 6.34. The number of carboxylic acid groups (broad SMARTS) is 1. The molecule has 3 N–H and O–H groups in total. The molecule has 0 atom stereocenters. The van der Waals surface area contributed by atoms with Crippen LogP contribution in [0, 0.1) is 0 Å². The number of nitrogens with one attached hydrogen (secondary N) is 1. The molecule has 0 aliphatic heterocycles. The molecule has 0 saturated carbocycles. The van der Waals surface area contributed by atoms with Crippen molar-refractivity contribution in [3.8, 4) is 0 Å². The van der Waals surface area contributed by atoms with E-state index in [2.05, 4.69) is 5.32 Å². The lowest BCUT2D eigenvalue weighted by Gasteiger charge is -2.12. The number of anilines is 3. The SMILES string of the molecule is Nc1c(Nc2cccc(C(=O)[O-])c2)c2ccccc2oc1=O. The molecule has 2 aromatic carbocycles. The van der Waals surface area contributed by atoms with Crippen molar-refractivity contribution in [3.05, 3.63) is 64.5 Å². The molecule has 0 saturated heterocycles. The van der Waals surface area contributed by atoms with E-state index in [-0.39, 0.29) is 11.3 Å². The number of benzene rings is 2. The summed E-state index contributed by atoms with van der Waals surface area (Å²) in [5.74, 6) is -1.28. The second-order valence-corrected chi connectivity index (χ2v) is 4.67. The van der Waals surface area contributed by atoms with Gasteiger partial charge in [0.25, 0.3) is 0 Å². The Balaban J connectivity index is 2.15. The van der Waals surface area contributed by atoms with Crippen molar-refractivity contribution in [1.82, 2.24) is 0 Å². The van der Waals surface area contributed by atoms with E-state index in [9.17, 15) is 14.7 Å². The van der Waals surface area contributed by atoms with Crippen molar-refractivity contribution >= 4 is 34.0 Å². The summed E-state index contributed by atoms with van der Waals surface area (Å²) in [6.07, 6.45) is 0. The van der Waals surface area contributed by atoms with Gasteiger partial charge in [0.05, 0.1) is 11.7 Å². The number of hydrogen-bond acceptors (Lipinski definition) is 6. The van der Waals surface area contributed by atoms with Crippen LogP contribution in [-0.4, -0.2) is 5.97 Å². The summed E-state index contributed by atoms with van der Waals surface area (Å²) in [5, 5.41) is 14.5. The molecule has 0 fully saturated rings. The van der Waals surface area contributed by atoms with E-state index in [1.807, 2.05) is 0 Å². The molecular formula is C16H11N2O4-. The fraction of sp³-hybridized carbons (Fsp3) is 0. The molecule has 3 rings (SSSR count). The third-order valence-electron chi connectivity index (χ3n) is 3.22. The van der Waals surface area contributed by atoms with Gasteiger partial charge in [0, 0.05) is 11.1 Å². The van der Waals surface area contributed by atoms with Crippen LogP contribution in [0.25, 0.3) is 11.0 Å². The minimum atomic E-state index is -1.28. The smallest absolute Gasteiger partial charge is 0.361 e. The molecule has 0 amide bonds. The predicted molar refractivity (Wildman–Crippen MR) is 81.0 cm³/mol. The summed E-state index contributed by atoms with van der Waals surface area (Å²) < 4.78 is 5.11. The van der Waals surface area contributed by atoms with E-state index < -0.39 is 11.6 Å². The van der Waals surface area contributed by atoms with Gasteiger partial charge in [0.15, 0.2) is 0 Å². The number of carbonyl (C=O) groups excluding carboxylic acids is 1. The lowest BCUT2D eigenvalue weighted by atomic mass is 10.1. The fourth-order valence-corrected chi connectivity index (χ4v) is 2.17. The molecule has 0 aliphatic rings. The van der Waals surface area contributed by atoms with Crippen molar-refractivity contribution in [1.29, 1.82) is 0 Å². The second kappa shape index (κ2) is 5.25. The molecular weight excluding hydrogens is 284 g/mol. The van der Waals surface area contributed by atoms with Gasteiger partial charge in [-0.3, -0.25) is 0 Å². The van der Waals surface area contributed by atoms with Crippen LogP contribution in [0.4, 0.5) is 17.1 Å². The molecule has 0 spiro atoms. The fourth-order valence-electron chi connectivity index (χ4n) is 2.17. The first kappa shape index (κ1) is 13.7. The first-order chi connectivity index (χ1) is 10.6. The molecule has 6 heteroatoms. The molecule has 3 aromatic rings. The van der Waals surface area contributed by atoms with Crippen LogP contribution in [0.1, 0.15) is 10.4 Å². The van der Waals surface area contributed by atoms with E-state index in [0.717, 1.165) is 0 Å². The number of carboxylic acids is 1. The minimum Gasteiger partial charge on any atom is -0.545 e. The third kappa shape index (κ3) is 2.37. The number of nitrogen functional groups attached to an aromatic ring is 1. The van der Waals surface area contributed by atoms with Gasteiger partial charge < -0.3 is 25.4 Å². The standard InChI is InChI=1S/C16H12N2O4/c17-13-14(11-6-1-2-7-12(11)22-16(13)21)18-10-5-3-4-9(8-10)15(19)20/h1-8,18H,17H2,(H,19,20)/p-1. The maximum Gasteiger partial charge on any atom is 0.361 e. The van der Waals surface area contributed by atoms with Crippen molar-refractivity contribution in [3.63, 3.8) is 0 Å². The number of rotatable bonds is 3. The van der Waals surface area contributed by atoms with Gasteiger partial charge in [-0.25, -0.2) is 4.79 Å². The van der Waals surface area contributed by atoms with E-state index in [1.165, 1.54) is 12.1 Å². The highest BCUT2D eigenvalue weighted by molar-refractivity contribution is 5.98. The number of para-hydroxylation sites is 1. The van der Waals surface area contributed by atoms with Gasteiger partial charge in [-0.05, 0) is 29.8 Å². The summed E-state index contributed by atoms with van der Waals surface area (Å²) in [7, 11) is 0. The normalized spacial score (nSPS) is 10.5. The van der Waals surface area contributed by atoms with Gasteiger partial charge in [-0.1, -0.05) is 24.3 Å². The van der Waals surface area contributed by atoms with Crippen LogP contribution in [-0.2, 0) is 0 Å². The third-order valence-corrected chi connectivity index (χ3v) is 3.22. The molecule has 1 heterocycles. The number of aromatic carboxylic acids is 1. The van der Waals surface area contributed by atoms with Crippen LogP contribution in [0.5, 0.6) is 0 Å². The number of hydrogen-bond donors (Lipinski definition) is 2. The minimum absolute atomic E-state index is 0.0239. The maximum atomic E-state index is 11.8. The zero-order valence-corrected chi connectivity index (χ0v) is 11.3. The Kier molecular flexibility index (Phi) is 3.27. The van der Waals surface area contributed by atoms with E-state index in [0.29, 0.717) is 22.3 Å². The molecule has 6 nitrogen and oxygen atoms in total. The Hall–Kier alpha value is -3.28. The number of nitrogens with two attached hydrogens (primary N) is 1. The molecule has 0 unspecified atom stereocenters. The summed E-state index contributed by atoms with van der Waals surface area (Å²) in [6, 6.07) is 13.0. The average molecular weight is 295 g/mol. The van der Waals surface area contributed by atoms with Crippen molar-refractivity contribution in [2.24, 2.45) is 0 Å². The van der Waals surface area contributed by atoms with Crippen molar-refractivity contribution in [2.45, 2.75) is 0 Å². The van der Waals surface area contributed by atoms with Gasteiger partial charge in [0.2, 0.25) is 0 Å². The van der Waals surface area contributed by atoms with Gasteiger partial charge >= 0.3 is 5.63 Å². The summed E-state index contributed by atoms with van der Waals surface area (Å²) in [6.45, 7) is 0. The Morgan fingerprint density at radius 3 is 2.68 bits per heavy atom. The quantitative estimate of drug-likeness (QED) is 0.708. The van der Waals surface area contributed by atoms with Crippen molar-refractivity contribution < 1.29 is 14.3 Å². The lowest BCUT2D eigenvalue weighted by Crippen LogP contribution is -2.22. The van der Waals surface area contributed by atoms with E-state index in [1.54, 1.807) is 36.4 Å². The lowest BCUT2D eigenvalue weighted by molar-refractivity contribution is -0.255. The Bertz CT molecular complexity index is 931. The van der Waals surface area contributed by atoms with Crippen LogP contribution >= 0.6 is 0 Å². The summed E-state index contributed by atoms with van der Waals surface area (Å²) >= 11 is 0. The Morgan fingerprint density at radius 1 is 1.14 bits per heavy atom. The van der Waals surface area contributed by atoms with Gasteiger partial charge in [-0.15, -0.1) is 0 Å². The largest absolute Gasteiger partial charge is 0.545 e. The monoisotopic (exact) mass is 295 g/mol. The molecule has 110 valence electrons. The highest BCUT2D eigenvalue weighted by Gasteiger charge is 2.12. The summed E-state index contributed by atoms with van der Waals surface area (Å²) in [4.78, 5) is 22.7. The van der Waals surface area contributed by atoms with Crippen molar-refractivity contribution in [2.75, 3.05) is 11.1 Å². The Labute approximate surface area is 124 Å². The predicted octanol–water partition coefficient (Wildman–Crippen LogP) is 1.48. The zero-order chi connectivity index (χ0) is 15.7. The van der Waals surface area contributed by atoms with Crippen LogP contribution < -0.4 is 21.8 Å². The molecule has 1 aromatic heterocycles. The van der Waals surface area contributed by atoms with E-state index in [4.69, 9.17) is 10.2 Å². The second-order valence-electron chi connectivity index (χ2n) is 4.67. The number of carbonyl (C=O) groups is 1. The molecule has 0 aliphatic carbocycles. The maximum absolute atomic E-state index is 11.8. The highest BCUT2D eigenvalue weighted by atomic mass is 16.4. The first-order valence-corrected chi connectivity index (χ1v) is 6.46. The first-order valence-electron chi connectivity index (χ1n) is 6.46.